The molecule has 0 aliphatic rings. The second kappa shape index (κ2) is 5.30. The standard InChI is InChI=1S/C14H12NO4/c1-19-13-5-3-2-4-10(13)15-14(18)9-6-7-11(16)12(17)8-9/h3-8,16-17H,1H3,(H,15,18). The van der Waals surface area contributed by atoms with Crippen LogP contribution in [0.5, 0.6) is 17.2 Å². The molecule has 1 radical (unpaired) electrons. The number of methoxy groups -OCH3 is 1. The van der Waals surface area contributed by atoms with Gasteiger partial charge in [0.05, 0.1) is 12.8 Å². The van der Waals surface area contributed by atoms with Gasteiger partial charge in [-0.05, 0) is 36.4 Å². The summed E-state index contributed by atoms with van der Waals surface area (Å²) in [5.41, 5.74) is 0.698. The van der Waals surface area contributed by atoms with Gasteiger partial charge in [-0.15, -0.1) is 0 Å². The highest BCUT2D eigenvalue weighted by Crippen LogP contribution is 2.27. The summed E-state index contributed by atoms with van der Waals surface area (Å²) in [4.78, 5) is 12.0. The third kappa shape index (κ3) is 2.77. The molecule has 0 aliphatic carbocycles. The first-order valence-electron chi connectivity index (χ1n) is 5.49. The zero-order valence-corrected chi connectivity index (χ0v) is 10.2. The van der Waals surface area contributed by atoms with Gasteiger partial charge in [0, 0.05) is 5.56 Å². The van der Waals surface area contributed by atoms with Crippen molar-refractivity contribution < 1.29 is 19.7 Å². The number of phenolic OH excluding ortho intramolecular Hbond substituents is 2. The van der Waals surface area contributed by atoms with Crippen molar-refractivity contribution in [2.75, 3.05) is 12.4 Å². The quantitative estimate of drug-likeness (QED) is 0.737. The molecule has 5 heteroatoms. The molecule has 19 heavy (non-hydrogen) atoms. The summed E-state index contributed by atoms with van der Waals surface area (Å²) >= 11 is 0. The smallest absolute Gasteiger partial charge is 0.255 e. The van der Waals surface area contributed by atoms with Crippen molar-refractivity contribution in [1.29, 1.82) is 0 Å². The number of ether oxygens (including phenoxy) is 1. The monoisotopic (exact) mass is 258 g/mol. The molecular weight excluding hydrogens is 246 g/mol. The first-order valence-corrected chi connectivity index (χ1v) is 5.49. The third-order valence-electron chi connectivity index (χ3n) is 2.53. The van der Waals surface area contributed by atoms with Gasteiger partial charge < -0.3 is 20.3 Å². The highest BCUT2D eigenvalue weighted by molar-refractivity contribution is 6.05. The fraction of sp³-hybridized carbons (Fsp3) is 0.0714. The molecule has 0 unspecified atom stereocenters. The van der Waals surface area contributed by atoms with Crippen LogP contribution in [0.25, 0.3) is 0 Å². The Kier molecular flexibility index (Phi) is 3.56. The maximum absolute atomic E-state index is 12.0. The minimum atomic E-state index is -0.423. The summed E-state index contributed by atoms with van der Waals surface area (Å²) in [5.74, 6) is -0.537. The van der Waals surface area contributed by atoms with E-state index in [4.69, 9.17) is 4.74 Å². The average Bonchev–Trinajstić information content (AvgIpc) is 2.42. The highest BCUT2D eigenvalue weighted by Gasteiger charge is 2.11. The number of carbonyl (C=O) groups is 1. The Morgan fingerprint density at radius 2 is 2.05 bits per heavy atom. The Labute approximate surface area is 110 Å². The van der Waals surface area contributed by atoms with Crippen molar-refractivity contribution in [2.24, 2.45) is 0 Å². The Balaban J connectivity index is 2.23. The minimum Gasteiger partial charge on any atom is -0.504 e. The number of carbonyl (C=O) groups excluding carboxylic acids is 1. The van der Waals surface area contributed by atoms with Gasteiger partial charge >= 0.3 is 0 Å². The largest absolute Gasteiger partial charge is 0.504 e. The summed E-state index contributed by atoms with van der Waals surface area (Å²) in [6.07, 6.45) is 0. The summed E-state index contributed by atoms with van der Waals surface area (Å²) in [6, 6.07) is 11.6. The van der Waals surface area contributed by atoms with Gasteiger partial charge in [-0.3, -0.25) is 4.79 Å². The lowest BCUT2D eigenvalue weighted by Gasteiger charge is -2.10. The molecule has 0 saturated carbocycles. The molecule has 2 aromatic carbocycles. The number of aromatic hydroxyl groups is 2. The van der Waals surface area contributed by atoms with Crippen LogP contribution in [0, 0.1) is 6.07 Å². The predicted molar refractivity (Wildman–Crippen MR) is 69.6 cm³/mol. The summed E-state index contributed by atoms with van der Waals surface area (Å²) in [7, 11) is 1.50. The lowest BCUT2D eigenvalue weighted by molar-refractivity contribution is 0.102. The van der Waals surface area contributed by atoms with Gasteiger partial charge in [-0.2, -0.15) is 0 Å². The Morgan fingerprint density at radius 1 is 1.26 bits per heavy atom. The van der Waals surface area contributed by atoms with Crippen LogP contribution in [0.3, 0.4) is 0 Å². The molecule has 2 rings (SSSR count). The van der Waals surface area contributed by atoms with Gasteiger partial charge in [0.2, 0.25) is 0 Å². The highest BCUT2D eigenvalue weighted by atomic mass is 16.5. The second-order valence-electron chi connectivity index (χ2n) is 3.78. The van der Waals surface area contributed by atoms with Gasteiger partial charge in [-0.25, -0.2) is 0 Å². The SMILES string of the molecule is COc1cc[c]cc1NC(=O)c1ccc(O)c(O)c1. The van der Waals surface area contributed by atoms with Crippen LogP contribution in [-0.4, -0.2) is 23.2 Å². The zero-order valence-electron chi connectivity index (χ0n) is 10.2. The van der Waals surface area contributed by atoms with E-state index in [1.165, 1.54) is 25.3 Å². The summed E-state index contributed by atoms with van der Waals surface area (Å²) < 4.78 is 5.10. The number of rotatable bonds is 3. The van der Waals surface area contributed by atoms with Crippen molar-refractivity contribution >= 4 is 11.6 Å². The number of amides is 1. The number of nitrogens with one attached hydrogen (secondary N) is 1. The topological polar surface area (TPSA) is 78.8 Å². The molecule has 0 fully saturated rings. The van der Waals surface area contributed by atoms with Crippen molar-refractivity contribution in [3.63, 3.8) is 0 Å². The molecule has 3 N–H and O–H groups in total. The van der Waals surface area contributed by atoms with Crippen LogP contribution < -0.4 is 10.1 Å². The molecule has 0 aromatic heterocycles. The number of benzene rings is 2. The lowest BCUT2D eigenvalue weighted by atomic mass is 10.2. The molecule has 0 spiro atoms. The number of anilines is 1. The molecule has 0 bridgehead atoms. The molecule has 1 amide bonds. The molecule has 0 aliphatic heterocycles. The lowest BCUT2D eigenvalue weighted by Crippen LogP contribution is -2.12. The molecule has 0 heterocycles. The Hall–Kier alpha value is -2.69. The molecular formula is C14H12NO4. The van der Waals surface area contributed by atoms with E-state index in [0.29, 0.717) is 11.4 Å². The van der Waals surface area contributed by atoms with Crippen molar-refractivity contribution in [2.45, 2.75) is 0 Å². The zero-order chi connectivity index (χ0) is 13.8. The van der Waals surface area contributed by atoms with Crippen LogP contribution in [0.2, 0.25) is 0 Å². The predicted octanol–water partition coefficient (Wildman–Crippen LogP) is 2.16. The number of hydrogen-bond donors (Lipinski definition) is 3. The van der Waals surface area contributed by atoms with E-state index in [1.54, 1.807) is 18.2 Å². The first kappa shape index (κ1) is 12.8. The maximum Gasteiger partial charge on any atom is 0.255 e. The summed E-state index contributed by atoms with van der Waals surface area (Å²) in [5, 5.41) is 21.2. The van der Waals surface area contributed by atoms with Gasteiger partial charge in [-0.1, -0.05) is 6.07 Å². The minimum absolute atomic E-state index is 0.223. The van der Waals surface area contributed by atoms with E-state index in [-0.39, 0.29) is 17.1 Å². The molecule has 0 saturated heterocycles. The number of hydrogen-bond acceptors (Lipinski definition) is 4. The summed E-state index contributed by atoms with van der Waals surface area (Å²) in [6.45, 7) is 0. The molecule has 5 nitrogen and oxygen atoms in total. The molecule has 0 atom stereocenters. The van der Waals surface area contributed by atoms with E-state index in [2.05, 4.69) is 11.4 Å². The van der Waals surface area contributed by atoms with Crippen LogP contribution in [0.4, 0.5) is 5.69 Å². The van der Waals surface area contributed by atoms with E-state index in [1.807, 2.05) is 0 Å². The van der Waals surface area contributed by atoms with Crippen molar-refractivity contribution in [1.82, 2.24) is 0 Å². The van der Waals surface area contributed by atoms with E-state index in [9.17, 15) is 15.0 Å². The Morgan fingerprint density at radius 3 is 2.74 bits per heavy atom. The van der Waals surface area contributed by atoms with Gasteiger partial charge in [0.15, 0.2) is 11.5 Å². The van der Waals surface area contributed by atoms with Crippen LogP contribution in [0.15, 0.2) is 36.4 Å². The van der Waals surface area contributed by atoms with Crippen LogP contribution in [-0.2, 0) is 0 Å². The normalized spacial score (nSPS) is 9.95. The van der Waals surface area contributed by atoms with Crippen LogP contribution >= 0.6 is 0 Å². The van der Waals surface area contributed by atoms with E-state index < -0.39 is 5.91 Å². The van der Waals surface area contributed by atoms with Crippen molar-refractivity contribution in [3.05, 3.63) is 48.0 Å². The average molecular weight is 258 g/mol. The fourth-order valence-corrected chi connectivity index (χ4v) is 1.55. The van der Waals surface area contributed by atoms with Crippen molar-refractivity contribution in [3.8, 4) is 17.2 Å². The maximum atomic E-state index is 12.0. The first-order chi connectivity index (χ1) is 9.11. The number of phenols is 2. The van der Waals surface area contributed by atoms with Gasteiger partial charge in [0.25, 0.3) is 5.91 Å². The Bertz CT molecular complexity index is 610. The van der Waals surface area contributed by atoms with Gasteiger partial charge in [0.1, 0.15) is 5.75 Å². The third-order valence-corrected chi connectivity index (χ3v) is 2.53. The molecule has 97 valence electrons. The van der Waals surface area contributed by atoms with E-state index in [0.717, 1.165) is 0 Å². The fourth-order valence-electron chi connectivity index (χ4n) is 1.55. The second-order valence-corrected chi connectivity index (χ2v) is 3.78. The van der Waals surface area contributed by atoms with E-state index >= 15 is 0 Å². The molecule has 2 aromatic rings. The van der Waals surface area contributed by atoms with Crippen LogP contribution in [0.1, 0.15) is 10.4 Å².